The Kier molecular flexibility index (Phi) is 3.70. The summed E-state index contributed by atoms with van der Waals surface area (Å²) in [5.74, 6) is 0.111. The van der Waals surface area contributed by atoms with Crippen LogP contribution in [-0.4, -0.2) is 32.8 Å². The molecule has 1 unspecified atom stereocenters. The van der Waals surface area contributed by atoms with E-state index < -0.39 is 0 Å². The molecule has 104 valence electrons. The van der Waals surface area contributed by atoms with Crippen molar-refractivity contribution in [1.29, 1.82) is 0 Å². The van der Waals surface area contributed by atoms with Gasteiger partial charge in [0.2, 0.25) is 11.0 Å². The van der Waals surface area contributed by atoms with Crippen molar-refractivity contribution in [3.63, 3.8) is 0 Å². The number of hydrogen-bond acceptors (Lipinski definition) is 5. The fourth-order valence-electron chi connectivity index (χ4n) is 1.98. The van der Waals surface area contributed by atoms with Crippen LogP contribution in [0.4, 0.5) is 5.13 Å². The molecule has 2 heterocycles. The molecule has 1 aliphatic rings. The summed E-state index contributed by atoms with van der Waals surface area (Å²) in [5, 5.41) is 1.98. The third kappa shape index (κ3) is 2.43. The van der Waals surface area contributed by atoms with Crippen LogP contribution < -0.4 is 0 Å². The number of amidine groups is 1. The summed E-state index contributed by atoms with van der Waals surface area (Å²) in [4.78, 5) is 22.6. The number of hydrogen-bond donors (Lipinski definition) is 0. The van der Waals surface area contributed by atoms with Crippen LogP contribution >= 0.6 is 34.7 Å². The van der Waals surface area contributed by atoms with Crippen molar-refractivity contribution in [3.05, 3.63) is 23.2 Å². The number of thiazole rings is 1. The van der Waals surface area contributed by atoms with Gasteiger partial charge in [0.25, 0.3) is 0 Å². The minimum Gasteiger partial charge on any atom is -0.291 e. The third-order valence-corrected chi connectivity index (χ3v) is 5.22. The lowest BCUT2D eigenvalue weighted by Gasteiger charge is -2.11. The van der Waals surface area contributed by atoms with Crippen LogP contribution in [0.2, 0.25) is 5.02 Å². The number of carbonyl (C=O) groups excluding carboxylic acids is 1. The zero-order chi connectivity index (χ0) is 14.3. The Bertz CT molecular complexity index is 713. The molecule has 0 N–H and O–H groups in total. The maximum absolute atomic E-state index is 11.9. The first kappa shape index (κ1) is 13.9. The molecule has 0 spiro atoms. The first-order valence-electron chi connectivity index (χ1n) is 6.21. The van der Waals surface area contributed by atoms with Crippen molar-refractivity contribution in [2.24, 2.45) is 4.99 Å². The van der Waals surface area contributed by atoms with Gasteiger partial charge in [0.1, 0.15) is 0 Å². The largest absolute Gasteiger partial charge is 0.291 e. The molecule has 2 aromatic rings. The first-order chi connectivity index (χ1) is 9.58. The number of amides is 1. The number of halogens is 1. The molecule has 20 heavy (non-hydrogen) atoms. The highest BCUT2D eigenvalue weighted by Crippen LogP contribution is 2.33. The summed E-state index contributed by atoms with van der Waals surface area (Å²) < 4.78 is 1.04. The minimum atomic E-state index is -0.0717. The fourth-order valence-corrected chi connectivity index (χ4v) is 4.05. The van der Waals surface area contributed by atoms with Gasteiger partial charge in [-0.15, -0.1) is 0 Å². The average molecular weight is 326 g/mol. The molecule has 1 saturated heterocycles. The van der Waals surface area contributed by atoms with E-state index in [9.17, 15) is 4.79 Å². The molecule has 7 heteroatoms. The van der Waals surface area contributed by atoms with Crippen LogP contribution in [0, 0.1) is 0 Å². The highest BCUT2D eigenvalue weighted by atomic mass is 35.5. The predicted molar refractivity (Wildman–Crippen MR) is 86.2 cm³/mol. The Morgan fingerprint density at radius 3 is 3.05 bits per heavy atom. The lowest BCUT2D eigenvalue weighted by molar-refractivity contribution is -0.125. The van der Waals surface area contributed by atoms with Gasteiger partial charge in [-0.3, -0.25) is 9.69 Å². The molecule has 1 atom stereocenters. The van der Waals surface area contributed by atoms with E-state index in [1.807, 2.05) is 32.0 Å². The van der Waals surface area contributed by atoms with Gasteiger partial charge in [-0.1, -0.05) is 34.7 Å². The summed E-state index contributed by atoms with van der Waals surface area (Å²) in [6.45, 7) is 4.48. The lowest BCUT2D eigenvalue weighted by atomic mass is 10.3. The van der Waals surface area contributed by atoms with Crippen LogP contribution in [0.3, 0.4) is 0 Å². The molecule has 1 amide bonds. The van der Waals surface area contributed by atoms with E-state index in [0.29, 0.717) is 16.7 Å². The lowest BCUT2D eigenvalue weighted by Crippen LogP contribution is -2.30. The smallest absolute Gasteiger partial charge is 0.241 e. The monoisotopic (exact) mass is 325 g/mol. The molecule has 1 aliphatic heterocycles. The van der Waals surface area contributed by atoms with E-state index in [4.69, 9.17) is 11.6 Å². The number of benzene rings is 1. The zero-order valence-corrected chi connectivity index (χ0v) is 13.3. The van der Waals surface area contributed by atoms with Crippen molar-refractivity contribution in [2.45, 2.75) is 19.1 Å². The summed E-state index contributed by atoms with van der Waals surface area (Å²) in [7, 11) is 0. The molecule has 1 aromatic heterocycles. The predicted octanol–water partition coefficient (Wildman–Crippen LogP) is 3.92. The fraction of sp³-hybridized carbons (Fsp3) is 0.308. The highest BCUT2D eigenvalue weighted by molar-refractivity contribution is 8.15. The molecule has 1 aromatic carbocycles. The maximum Gasteiger partial charge on any atom is 0.241 e. The second-order valence-electron chi connectivity index (χ2n) is 4.35. The minimum absolute atomic E-state index is 0.0717. The third-order valence-electron chi connectivity index (χ3n) is 2.97. The van der Waals surface area contributed by atoms with Gasteiger partial charge >= 0.3 is 0 Å². The van der Waals surface area contributed by atoms with Gasteiger partial charge < -0.3 is 0 Å². The van der Waals surface area contributed by atoms with E-state index in [1.54, 1.807) is 4.90 Å². The molecule has 3 rings (SSSR count). The second-order valence-corrected chi connectivity index (χ2v) is 7.10. The second kappa shape index (κ2) is 5.35. The average Bonchev–Trinajstić information content (AvgIpc) is 2.91. The molecular weight excluding hydrogens is 314 g/mol. The van der Waals surface area contributed by atoms with Gasteiger partial charge in [-0.25, -0.2) is 4.98 Å². The number of carbonyl (C=O) groups is 1. The zero-order valence-electron chi connectivity index (χ0n) is 11.0. The first-order valence-corrected chi connectivity index (χ1v) is 8.28. The van der Waals surface area contributed by atoms with E-state index in [0.717, 1.165) is 15.4 Å². The van der Waals surface area contributed by atoms with Crippen LogP contribution in [0.1, 0.15) is 13.8 Å². The Labute approximate surface area is 129 Å². The Morgan fingerprint density at radius 1 is 1.50 bits per heavy atom. The van der Waals surface area contributed by atoms with Crippen molar-refractivity contribution in [3.8, 4) is 0 Å². The summed E-state index contributed by atoms with van der Waals surface area (Å²) in [6.07, 6.45) is 0. The van der Waals surface area contributed by atoms with Crippen LogP contribution in [0.25, 0.3) is 10.2 Å². The van der Waals surface area contributed by atoms with Gasteiger partial charge in [0.05, 0.1) is 15.5 Å². The topological polar surface area (TPSA) is 45.6 Å². The standard InChI is InChI=1S/C13H12ClN3OS2/c1-3-17-11(18)7(2)19-13(17)16-12-15-9-6-8(14)4-5-10(9)20-12/h4-7H,3H2,1-2H3/b16-13-. The number of nitrogens with zero attached hydrogens (tertiary/aromatic N) is 3. The van der Waals surface area contributed by atoms with E-state index in [2.05, 4.69) is 9.98 Å². The van der Waals surface area contributed by atoms with Gasteiger partial charge in [-0.05, 0) is 32.0 Å². The van der Waals surface area contributed by atoms with Gasteiger partial charge in [0, 0.05) is 11.6 Å². The van der Waals surface area contributed by atoms with Crippen molar-refractivity contribution < 1.29 is 4.79 Å². The van der Waals surface area contributed by atoms with Crippen LogP contribution in [0.15, 0.2) is 23.2 Å². The molecular formula is C13H12ClN3OS2. The van der Waals surface area contributed by atoms with Crippen molar-refractivity contribution in [1.82, 2.24) is 9.88 Å². The van der Waals surface area contributed by atoms with E-state index in [-0.39, 0.29) is 11.2 Å². The number of aliphatic imine (C=N–C) groups is 1. The van der Waals surface area contributed by atoms with Crippen molar-refractivity contribution >= 4 is 61.1 Å². The summed E-state index contributed by atoms with van der Waals surface area (Å²) in [5.41, 5.74) is 0.840. The Morgan fingerprint density at radius 2 is 2.30 bits per heavy atom. The van der Waals surface area contributed by atoms with Crippen LogP contribution in [-0.2, 0) is 4.79 Å². The van der Waals surface area contributed by atoms with Gasteiger partial charge in [0.15, 0.2) is 5.17 Å². The Hall–Kier alpha value is -1.11. The van der Waals surface area contributed by atoms with E-state index >= 15 is 0 Å². The quantitative estimate of drug-likeness (QED) is 0.840. The number of thioether (sulfide) groups is 1. The number of fused-ring (bicyclic) bond motifs is 1. The molecule has 0 saturated carbocycles. The molecule has 0 bridgehead atoms. The number of aromatic nitrogens is 1. The van der Waals surface area contributed by atoms with E-state index in [1.165, 1.54) is 23.1 Å². The molecule has 0 radical (unpaired) electrons. The number of rotatable bonds is 2. The summed E-state index contributed by atoms with van der Waals surface area (Å²) in [6, 6.07) is 5.60. The highest BCUT2D eigenvalue weighted by Gasteiger charge is 2.33. The van der Waals surface area contributed by atoms with Crippen molar-refractivity contribution in [2.75, 3.05) is 6.54 Å². The summed E-state index contributed by atoms with van der Waals surface area (Å²) >= 11 is 8.93. The van der Waals surface area contributed by atoms with Crippen LogP contribution in [0.5, 0.6) is 0 Å². The molecule has 4 nitrogen and oxygen atoms in total. The Balaban J connectivity index is 1.99. The molecule has 1 fully saturated rings. The molecule has 0 aliphatic carbocycles. The van der Waals surface area contributed by atoms with Gasteiger partial charge in [-0.2, -0.15) is 4.99 Å². The maximum atomic E-state index is 11.9. The SMILES string of the molecule is CCN1C(=O)C(C)S/C1=N\c1nc2cc(Cl)ccc2s1. The normalized spacial score (nSPS) is 21.4.